The fourth-order valence-electron chi connectivity index (χ4n) is 1.26. The van der Waals surface area contributed by atoms with Gasteiger partial charge < -0.3 is 14.9 Å². The van der Waals surface area contributed by atoms with Gasteiger partial charge in [-0.05, 0) is 24.3 Å². The van der Waals surface area contributed by atoms with E-state index < -0.39 is 0 Å². The molecule has 0 spiro atoms. The molecule has 0 aromatic heterocycles. The standard InChI is InChI=1S/2C6H6O.C4H8O3/c2*7-6-4-2-1-3-5-6;1-3-6-7-4-2-5-1/h2*1-5,7H;1-4H2. The summed E-state index contributed by atoms with van der Waals surface area (Å²) >= 11 is 0. The predicted octanol–water partition coefficient (Wildman–Crippen LogP) is 2.75. The molecule has 1 aliphatic rings. The summed E-state index contributed by atoms with van der Waals surface area (Å²) in [5.41, 5.74) is 0. The molecule has 1 aliphatic heterocycles. The quantitative estimate of drug-likeness (QED) is 0.731. The normalized spacial score (nSPS) is 13.7. The van der Waals surface area contributed by atoms with E-state index in [2.05, 4.69) is 9.78 Å². The molecule has 5 heteroatoms. The van der Waals surface area contributed by atoms with Gasteiger partial charge in [-0.25, -0.2) is 9.78 Å². The maximum atomic E-state index is 8.63. The largest absolute Gasteiger partial charge is 0.508 e. The van der Waals surface area contributed by atoms with Crippen LogP contribution in [-0.2, 0) is 14.5 Å². The van der Waals surface area contributed by atoms with Crippen molar-refractivity contribution in [2.24, 2.45) is 0 Å². The van der Waals surface area contributed by atoms with Crippen LogP contribution in [0, 0.1) is 0 Å². The molecule has 0 aliphatic carbocycles. The van der Waals surface area contributed by atoms with Crippen LogP contribution in [0.25, 0.3) is 0 Å². The van der Waals surface area contributed by atoms with Gasteiger partial charge in [-0.3, -0.25) is 0 Å². The Balaban J connectivity index is 0.000000157. The number of para-hydroxylation sites is 2. The van der Waals surface area contributed by atoms with E-state index in [1.807, 2.05) is 12.1 Å². The van der Waals surface area contributed by atoms with Crippen molar-refractivity contribution in [3.05, 3.63) is 60.7 Å². The zero-order valence-electron chi connectivity index (χ0n) is 11.7. The molecule has 2 aromatic rings. The molecule has 0 atom stereocenters. The fraction of sp³-hybridized carbons (Fsp3) is 0.250. The fourth-order valence-corrected chi connectivity index (χ4v) is 1.26. The van der Waals surface area contributed by atoms with E-state index in [1.54, 1.807) is 48.5 Å². The summed E-state index contributed by atoms with van der Waals surface area (Å²) in [6.07, 6.45) is 0. The average molecular weight is 292 g/mol. The van der Waals surface area contributed by atoms with Crippen molar-refractivity contribution in [1.82, 2.24) is 0 Å². The molecule has 0 amide bonds. The molecule has 3 rings (SSSR count). The molecule has 2 aromatic carbocycles. The summed E-state index contributed by atoms with van der Waals surface area (Å²) in [4.78, 5) is 9.14. The molecule has 5 nitrogen and oxygen atoms in total. The van der Waals surface area contributed by atoms with Gasteiger partial charge in [0.1, 0.15) is 24.7 Å². The van der Waals surface area contributed by atoms with Crippen molar-refractivity contribution in [1.29, 1.82) is 0 Å². The highest BCUT2D eigenvalue weighted by molar-refractivity contribution is 5.19. The zero-order chi connectivity index (χ0) is 15.2. The molecule has 0 radical (unpaired) electrons. The van der Waals surface area contributed by atoms with Gasteiger partial charge in [-0.1, -0.05) is 36.4 Å². The maximum absolute atomic E-state index is 8.63. The highest BCUT2D eigenvalue weighted by atomic mass is 17.2. The minimum absolute atomic E-state index is 0.322. The topological polar surface area (TPSA) is 68.2 Å². The molecule has 21 heavy (non-hydrogen) atoms. The van der Waals surface area contributed by atoms with E-state index in [4.69, 9.17) is 14.9 Å². The van der Waals surface area contributed by atoms with Crippen LogP contribution in [0.4, 0.5) is 0 Å². The van der Waals surface area contributed by atoms with E-state index in [-0.39, 0.29) is 0 Å². The molecular formula is C16H20O5. The summed E-state index contributed by atoms with van der Waals surface area (Å²) in [7, 11) is 0. The maximum Gasteiger partial charge on any atom is 0.115 e. The van der Waals surface area contributed by atoms with Crippen molar-refractivity contribution >= 4 is 0 Å². The van der Waals surface area contributed by atoms with Crippen LogP contribution < -0.4 is 0 Å². The first-order valence-electron chi connectivity index (χ1n) is 6.59. The Kier molecular flexibility index (Phi) is 9.47. The number of rotatable bonds is 0. The number of hydrogen-bond acceptors (Lipinski definition) is 5. The minimum Gasteiger partial charge on any atom is -0.508 e. The van der Waals surface area contributed by atoms with Crippen molar-refractivity contribution in [3.63, 3.8) is 0 Å². The molecule has 0 saturated carbocycles. The second kappa shape index (κ2) is 11.7. The lowest BCUT2D eigenvalue weighted by atomic mass is 10.3. The summed E-state index contributed by atoms with van der Waals surface area (Å²) in [5.74, 6) is 0.644. The van der Waals surface area contributed by atoms with E-state index in [1.165, 1.54) is 0 Å². The lowest BCUT2D eigenvalue weighted by molar-refractivity contribution is -0.284. The van der Waals surface area contributed by atoms with Crippen LogP contribution in [0.15, 0.2) is 60.7 Å². The number of ether oxygens (including phenoxy) is 1. The van der Waals surface area contributed by atoms with Gasteiger partial charge in [0.2, 0.25) is 0 Å². The van der Waals surface area contributed by atoms with Gasteiger partial charge >= 0.3 is 0 Å². The van der Waals surface area contributed by atoms with Crippen molar-refractivity contribution in [2.75, 3.05) is 26.4 Å². The third-order valence-corrected chi connectivity index (χ3v) is 2.22. The number of phenols is 2. The van der Waals surface area contributed by atoms with Crippen LogP contribution in [0.1, 0.15) is 0 Å². The SMILES string of the molecule is C1COOCCO1.Oc1ccccc1.Oc1ccccc1. The van der Waals surface area contributed by atoms with Crippen LogP contribution in [0.2, 0.25) is 0 Å². The Labute approximate surface area is 124 Å². The van der Waals surface area contributed by atoms with E-state index in [0.29, 0.717) is 37.9 Å². The lowest BCUT2D eigenvalue weighted by Gasteiger charge is -1.90. The number of phenolic OH excluding ortho intramolecular Hbond substituents is 2. The van der Waals surface area contributed by atoms with Gasteiger partial charge in [0, 0.05) is 0 Å². The predicted molar refractivity (Wildman–Crippen MR) is 78.9 cm³/mol. The summed E-state index contributed by atoms with van der Waals surface area (Å²) in [6, 6.07) is 17.4. The smallest absolute Gasteiger partial charge is 0.115 e. The molecule has 1 heterocycles. The Morgan fingerprint density at radius 2 is 0.952 bits per heavy atom. The van der Waals surface area contributed by atoms with Crippen molar-refractivity contribution < 1.29 is 24.7 Å². The third kappa shape index (κ3) is 10.4. The Hall–Kier alpha value is -2.08. The molecule has 0 bridgehead atoms. The van der Waals surface area contributed by atoms with Crippen LogP contribution >= 0.6 is 0 Å². The van der Waals surface area contributed by atoms with Gasteiger partial charge in [-0.2, -0.15) is 0 Å². The number of benzene rings is 2. The van der Waals surface area contributed by atoms with Crippen LogP contribution in [0.3, 0.4) is 0 Å². The molecule has 114 valence electrons. The molecule has 1 fully saturated rings. The second-order valence-corrected chi connectivity index (χ2v) is 3.93. The summed E-state index contributed by atoms with van der Waals surface area (Å²) in [5, 5.41) is 17.3. The molecule has 1 saturated heterocycles. The highest BCUT2D eigenvalue weighted by Crippen LogP contribution is 2.03. The molecular weight excluding hydrogens is 272 g/mol. The number of aromatic hydroxyl groups is 2. The monoisotopic (exact) mass is 292 g/mol. The van der Waals surface area contributed by atoms with Crippen molar-refractivity contribution in [2.45, 2.75) is 0 Å². The lowest BCUT2D eigenvalue weighted by Crippen LogP contribution is -1.96. The minimum atomic E-state index is 0.322. The summed E-state index contributed by atoms with van der Waals surface area (Å²) < 4.78 is 4.94. The Bertz CT molecular complexity index is 390. The zero-order valence-corrected chi connectivity index (χ0v) is 11.7. The van der Waals surface area contributed by atoms with Gasteiger partial charge in [0.25, 0.3) is 0 Å². The summed E-state index contributed by atoms with van der Waals surface area (Å²) in [6.45, 7) is 2.42. The highest BCUT2D eigenvalue weighted by Gasteiger charge is 1.95. The first-order valence-corrected chi connectivity index (χ1v) is 6.59. The van der Waals surface area contributed by atoms with Crippen LogP contribution in [-0.4, -0.2) is 36.6 Å². The van der Waals surface area contributed by atoms with E-state index in [0.717, 1.165) is 0 Å². The molecule has 0 unspecified atom stereocenters. The van der Waals surface area contributed by atoms with Gasteiger partial charge in [0.15, 0.2) is 0 Å². The Morgan fingerprint density at radius 1 is 0.571 bits per heavy atom. The first-order chi connectivity index (χ1) is 10.3. The molecule has 2 N–H and O–H groups in total. The van der Waals surface area contributed by atoms with E-state index in [9.17, 15) is 0 Å². The number of hydrogen-bond donors (Lipinski definition) is 2. The second-order valence-electron chi connectivity index (χ2n) is 3.93. The van der Waals surface area contributed by atoms with Crippen molar-refractivity contribution in [3.8, 4) is 11.5 Å². The van der Waals surface area contributed by atoms with E-state index >= 15 is 0 Å². The van der Waals surface area contributed by atoms with Gasteiger partial charge in [-0.15, -0.1) is 0 Å². The Morgan fingerprint density at radius 3 is 1.24 bits per heavy atom. The van der Waals surface area contributed by atoms with Crippen LogP contribution in [0.5, 0.6) is 11.5 Å². The van der Waals surface area contributed by atoms with Gasteiger partial charge in [0.05, 0.1) is 13.2 Å². The first kappa shape index (κ1) is 17.0. The third-order valence-electron chi connectivity index (χ3n) is 2.22. The average Bonchev–Trinajstić information content (AvgIpc) is 2.83.